The first-order valence-electron chi connectivity index (χ1n) is 7.69. The number of rotatable bonds is 5. The quantitative estimate of drug-likeness (QED) is 0.914. The van der Waals surface area contributed by atoms with Crippen molar-refractivity contribution in [1.29, 1.82) is 0 Å². The van der Waals surface area contributed by atoms with Gasteiger partial charge >= 0.3 is 0 Å². The molecule has 1 aromatic carbocycles. The van der Waals surface area contributed by atoms with Gasteiger partial charge in [0, 0.05) is 23.6 Å². The van der Waals surface area contributed by atoms with Crippen LogP contribution < -0.4 is 10.1 Å². The molecule has 1 aliphatic rings. The molecule has 23 heavy (non-hydrogen) atoms. The van der Waals surface area contributed by atoms with Crippen molar-refractivity contribution in [3.63, 3.8) is 0 Å². The van der Waals surface area contributed by atoms with E-state index in [9.17, 15) is 4.79 Å². The van der Waals surface area contributed by atoms with E-state index < -0.39 is 0 Å². The van der Waals surface area contributed by atoms with Gasteiger partial charge in [-0.3, -0.25) is 4.79 Å². The number of nitrogens with zero attached hydrogens (tertiary/aromatic N) is 1. The number of aryl methyl sites for hydroxylation is 1. The number of carbonyl (C=O) groups excluding carboxylic acids is 1. The highest BCUT2D eigenvalue weighted by Crippen LogP contribution is 2.29. The lowest BCUT2D eigenvalue weighted by Crippen LogP contribution is -2.32. The summed E-state index contributed by atoms with van der Waals surface area (Å²) in [5.74, 6) is 0.672. The molecule has 2 heterocycles. The second kappa shape index (κ2) is 7.10. The van der Waals surface area contributed by atoms with Gasteiger partial charge in [0.05, 0.1) is 13.2 Å². The number of thiazole rings is 1. The van der Waals surface area contributed by atoms with Gasteiger partial charge in [-0.25, -0.2) is 4.98 Å². The topological polar surface area (TPSA) is 60.5 Å². The Bertz CT molecular complexity index is 676. The average Bonchev–Trinajstić information content (AvgIpc) is 3.22. The standard InChI is InChI=1S/C17H20N2O3S/c1-11-15(16(20)18-10-14-4-3-9-22-14)19-17(23-11)12-5-7-13(21-2)8-6-12/h5-8,14H,3-4,9-10H2,1-2H3,(H,18,20)/t14-/m0/s1. The molecule has 0 bridgehead atoms. The SMILES string of the molecule is COc1ccc(-c2nc(C(=O)NC[C@@H]3CCCO3)c(C)s2)cc1. The van der Waals surface area contributed by atoms with Gasteiger partial charge in [-0.15, -0.1) is 11.3 Å². The largest absolute Gasteiger partial charge is 0.497 e. The van der Waals surface area contributed by atoms with E-state index in [1.165, 1.54) is 11.3 Å². The van der Waals surface area contributed by atoms with Crippen LogP contribution in [0.15, 0.2) is 24.3 Å². The molecule has 1 N–H and O–H groups in total. The van der Waals surface area contributed by atoms with Gasteiger partial charge in [-0.05, 0) is 44.0 Å². The summed E-state index contributed by atoms with van der Waals surface area (Å²) >= 11 is 1.52. The van der Waals surface area contributed by atoms with Crippen LogP contribution in [0.4, 0.5) is 0 Å². The van der Waals surface area contributed by atoms with E-state index in [0.717, 1.165) is 40.6 Å². The summed E-state index contributed by atoms with van der Waals surface area (Å²) in [5.41, 5.74) is 1.48. The zero-order valence-electron chi connectivity index (χ0n) is 13.3. The van der Waals surface area contributed by atoms with Crippen molar-refractivity contribution in [2.45, 2.75) is 25.9 Å². The molecule has 0 aliphatic carbocycles. The minimum atomic E-state index is -0.131. The molecule has 1 fully saturated rings. The fourth-order valence-electron chi connectivity index (χ4n) is 2.56. The number of ether oxygens (including phenoxy) is 2. The summed E-state index contributed by atoms with van der Waals surface area (Å²) < 4.78 is 10.7. The van der Waals surface area contributed by atoms with E-state index in [0.29, 0.717) is 12.2 Å². The van der Waals surface area contributed by atoms with Crippen molar-refractivity contribution >= 4 is 17.2 Å². The summed E-state index contributed by atoms with van der Waals surface area (Å²) in [4.78, 5) is 17.7. The zero-order valence-corrected chi connectivity index (χ0v) is 14.1. The summed E-state index contributed by atoms with van der Waals surface area (Å²) in [5, 5.41) is 3.77. The summed E-state index contributed by atoms with van der Waals surface area (Å²) in [6.45, 7) is 3.26. The number of benzene rings is 1. The van der Waals surface area contributed by atoms with Crippen LogP contribution in [0.25, 0.3) is 10.6 Å². The Hall–Kier alpha value is -1.92. The van der Waals surface area contributed by atoms with E-state index in [4.69, 9.17) is 9.47 Å². The third kappa shape index (κ3) is 3.71. The van der Waals surface area contributed by atoms with Gasteiger partial charge in [0.15, 0.2) is 0 Å². The van der Waals surface area contributed by atoms with E-state index in [2.05, 4.69) is 10.3 Å². The molecule has 6 heteroatoms. The molecule has 0 saturated carbocycles. The van der Waals surface area contributed by atoms with Gasteiger partial charge in [0.1, 0.15) is 16.5 Å². The Kier molecular flexibility index (Phi) is 4.93. The Morgan fingerprint density at radius 2 is 2.22 bits per heavy atom. The van der Waals surface area contributed by atoms with Crippen LogP contribution in [0.5, 0.6) is 5.75 Å². The Morgan fingerprint density at radius 3 is 2.87 bits per heavy atom. The molecule has 122 valence electrons. The van der Waals surface area contributed by atoms with Crippen LogP contribution in [0.1, 0.15) is 28.2 Å². The minimum Gasteiger partial charge on any atom is -0.497 e. The molecule has 1 amide bonds. The number of methoxy groups -OCH3 is 1. The van der Waals surface area contributed by atoms with E-state index >= 15 is 0 Å². The molecule has 0 unspecified atom stereocenters. The Labute approximate surface area is 139 Å². The second-order valence-electron chi connectivity index (χ2n) is 5.50. The van der Waals surface area contributed by atoms with Gasteiger partial charge in [0.25, 0.3) is 5.91 Å². The lowest BCUT2D eigenvalue weighted by Gasteiger charge is -2.09. The molecule has 1 aliphatic heterocycles. The van der Waals surface area contributed by atoms with Crippen molar-refractivity contribution in [2.24, 2.45) is 0 Å². The zero-order chi connectivity index (χ0) is 16.2. The maximum atomic E-state index is 12.3. The summed E-state index contributed by atoms with van der Waals surface area (Å²) in [6, 6.07) is 7.68. The van der Waals surface area contributed by atoms with Crippen LogP contribution in [0.2, 0.25) is 0 Å². The van der Waals surface area contributed by atoms with E-state index in [-0.39, 0.29) is 12.0 Å². The normalized spacial score (nSPS) is 17.2. The molecule has 3 rings (SSSR count). The lowest BCUT2D eigenvalue weighted by atomic mass is 10.2. The monoisotopic (exact) mass is 332 g/mol. The molecule has 0 spiro atoms. The van der Waals surface area contributed by atoms with Crippen molar-refractivity contribution in [3.8, 4) is 16.3 Å². The van der Waals surface area contributed by atoms with Gasteiger partial charge in [-0.1, -0.05) is 0 Å². The third-order valence-electron chi connectivity index (χ3n) is 3.86. The molecule has 1 aromatic heterocycles. The first-order valence-corrected chi connectivity index (χ1v) is 8.50. The molecular formula is C17H20N2O3S. The first-order chi connectivity index (χ1) is 11.2. The number of hydrogen-bond acceptors (Lipinski definition) is 5. The maximum absolute atomic E-state index is 12.3. The predicted molar refractivity (Wildman–Crippen MR) is 90.1 cm³/mol. The highest BCUT2D eigenvalue weighted by atomic mass is 32.1. The average molecular weight is 332 g/mol. The highest BCUT2D eigenvalue weighted by Gasteiger charge is 2.20. The number of nitrogens with one attached hydrogen (secondary N) is 1. The van der Waals surface area contributed by atoms with Crippen LogP contribution >= 0.6 is 11.3 Å². The summed E-state index contributed by atoms with van der Waals surface area (Å²) in [7, 11) is 1.64. The minimum absolute atomic E-state index is 0.131. The fourth-order valence-corrected chi connectivity index (χ4v) is 3.48. The smallest absolute Gasteiger partial charge is 0.271 e. The van der Waals surface area contributed by atoms with Gasteiger partial charge in [-0.2, -0.15) is 0 Å². The van der Waals surface area contributed by atoms with Gasteiger partial charge in [0.2, 0.25) is 0 Å². The van der Waals surface area contributed by atoms with E-state index in [1.54, 1.807) is 7.11 Å². The Balaban J connectivity index is 1.70. The van der Waals surface area contributed by atoms with Crippen LogP contribution in [-0.4, -0.2) is 37.3 Å². The third-order valence-corrected chi connectivity index (χ3v) is 4.88. The summed E-state index contributed by atoms with van der Waals surface area (Å²) in [6.07, 6.45) is 2.21. The molecule has 5 nitrogen and oxygen atoms in total. The van der Waals surface area contributed by atoms with Gasteiger partial charge < -0.3 is 14.8 Å². The molecular weight excluding hydrogens is 312 g/mol. The van der Waals surface area contributed by atoms with Crippen molar-refractivity contribution in [1.82, 2.24) is 10.3 Å². The molecule has 1 saturated heterocycles. The van der Waals surface area contributed by atoms with Crippen molar-refractivity contribution in [3.05, 3.63) is 34.8 Å². The number of carbonyl (C=O) groups is 1. The number of aromatic nitrogens is 1. The number of hydrogen-bond donors (Lipinski definition) is 1. The van der Waals surface area contributed by atoms with Crippen LogP contribution in [-0.2, 0) is 4.74 Å². The first kappa shape index (κ1) is 16.0. The lowest BCUT2D eigenvalue weighted by molar-refractivity contribution is 0.0854. The second-order valence-corrected chi connectivity index (χ2v) is 6.70. The van der Waals surface area contributed by atoms with Crippen LogP contribution in [0.3, 0.4) is 0 Å². The molecule has 2 aromatic rings. The van der Waals surface area contributed by atoms with Crippen molar-refractivity contribution in [2.75, 3.05) is 20.3 Å². The molecule has 0 radical (unpaired) electrons. The predicted octanol–water partition coefficient (Wildman–Crippen LogP) is 3.04. The van der Waals surface area contributed by atoms with E-state index in [1.807, 2.05) is 31.2 Å². The molecule has 1 atom stereocenters. The fraction of sp³-hybridized carbons (Fsp3) is 0.412. The maximum Gasteiger partial charge on any atom is 0.271 e. The number of amides is 1. The van der Waals surface area contributed by atoms with Crippen LogP contribution in [0, 0.1) is 6.92 Å². The van der Waals surface area contributed by atoms with Crippen molar-refractivity contribution < 1.29 is 14.3 Å². The highest BCUT2D eigenvalue weighted by molar-refractivity contribution is 7.15. The Morgan fingerprint density at radius 1 is 1.43 bits per heavy atom.